The standard InChI is InChI=1S/C8H10N2O3S/c1-14(12,13)10-8-5-3-2-4-7(8)9-6-11/h2-6,10H,1H3,(H,9,11). The molecule has 76 valence electrons. The van der Waals surface area contributed by atoms with Crippen molar-refractivity contribution in [3.63, 3.8) is 0 Å². The lowest BCUT2D eigenvalue weighted by atomic mass is 10.3. The first-order chi connectivity index (χ1) is 6.53. The summed E-state index contributed by atoms with van der Waals surface area (Å²) in [6.45, 7) is 0. The van der Waals surface area contributed by atoms with Crippen molar-refractivity contribution in [1.82, 2.24) is 0 Å². The number of para-hydroxylation sites is 2. The van der Waals surface area contributed by atoms with Gasteiger partial charge in [0, 0.05) is 0 Å². The van der Waals surface area contributed by atoms with Gasteiger partial charge in [-0.2, -0.15) is 0 Å². The Balaban J connectivity index is 3.01. The quantitative estimate of drug-likeness (QED) is 0.722. The van der Waals surface area contributed by atoms with Crippen LogP contribution in [0.3, 0.4) is 0 Å². The fraction of sp³-hybridized carbons (Fsp3) is 0.125. The molecule has 0 aliphatic rings. The Morgan fingerprint density at radius 1 is 1.21 bits per heavy atom. The van der Waals surface area contributed by atoms with Gasteiger partial charge in [-0.3, -0.25) is 9.52 Å². The van der Waals surface area contributed by atoms with Crippen molar-refractivity contribution in [3.8, 4) is 0 Å². The second-order valence-electron chi connectivity index (χ2n) is 2.68. The van der Waals surface area contributed by atoms with Crippen molar-refractivity contribution in [2.75, 3.05) is 16.3 Å². The van der Waals surface area contributed by atoms with Gasteiger partial charge in [-0.15, -0.1) is 0 Å². The van der Waals surface area contributed by atoms with E-state index in [2.05, 4.69) is 10.0 Å². The maximum absolute atomic E-state index is 10.9. The molecule has 0 aromatic heterocycles. The number of amides is 1. The Hall–Kier alpha value is -1.56. The van der Waals surface area contributed by atoms with Crippen LogP contribution in [0.2, 0.25) is 0 Å². The molecular weight excluding hydrogens is 204 g/mol. The number of carbonyl (C=O) groups is 1. The molecule has 0 radical (unpaired) electrons. The van der Waals surface area contributed by atoms with Crippen LogP contribution in [0.1, 0.15) is 0 Å². The van der Waals surface area contributed by atoms with Crippen molar-refractivity contribution >= 4 is 27.8 Å². The molecule has 0 spiro atoms. The number of nitrogens with one attached hydrogen (secondary N) is 2. The fourth-order valence-electron chi connectivity index (χ4n) is 0.961. The predicted octanol–water partition coefficient (Wildman–Crippen LogP) is 0.626. The SMILES string of the molecule is CS(=O)(=O)Nc1ccccc1NC=O. The third kappa shape index (κ3) is 3.06. The molecule has 0 heterocycles. The smallest absolute Gasteiger partial charge is 0.229 e. The summed E-state index contributed by atoms with van der Waals surface area (Å²) in [5.74, 6) is 0. The summed E-state index contributed by atoms with van der Waals surface area (Å²) < 4.78 is 24.1. The molecule has 0 bridgehead atoms. The normalized spacial score (nSPS) is 10.6. The average molecular weight is 214 g/mol. The largest absolute Gasteiger partial charge is 0.327 e. The molecule has 1 aromatic rings. The molecule has 14 heavy (non-hydrogen) atoms. The van der Waals surface area contributed by atoms with E-state index in [0.717, 1.165) is 6.26 Å². The van der Waals surface area contributed by atoms with Gasteiger partial charge in [0.15, 0.2) is 0 Å². The summed E-state index contributed by atoms with van der Waals surface area (Å²) in [4.78, 5) is 10.2. The summed E-state index contributed by atoms with van der Waals surface area (Å²) in [5.41, 5.74) is 0.773. The molecule has 2 N–H and O–H groups in total. The summed E-state index contributed by atoms with van der Waals surface area (Å²) in [6, 6.07) is 6.53. The van der Waals surface area contributed by atoms with Gasteiger partial charge in [0.05, 0.1) is 17.6 Å². The van der Waals surface area contributed by atoms with Crippen molar-refractivity contribution in [2.45, 2.75) is 0 Å². The van der Waals surface area contributed by atoms with Crippen LogP contribution in [0.4, 0.5) is 11.4 Å². The van der Waals surface area contributed by atoms with E-state index < -0.39 is 10.0 Å². The second-order valence-corrected chi connectivity index (χ2v) is 4.43. The van der Waals surface area contributed by atoms with Gasteiger partial charge in [0.25, 0.3) is 0 Å². The third-order valence-corrected chi connectivity index (χ3v) is 2.03. The van der Waals surface area contributed by atoms with E-state index in [1.165, 1.54) is 0 Å². The first kappa shape index (κ1) is 10.5. The molecule has 1 aromatic carbocycles. The van der Waals surface area contributed by atoms with Gasteiger partial charge in [0.1, 0.15) is 0 Å². The zero-order valence-electron chi connectivity index (χ0n) is 7.52. The van der Waals surface area contributed by atoms with Gasteiger partial charge < -0.3 is 5.32 Å². The first-order valence-corrected chi connectivity index (χ1v) is 5.69. The maximum Gasteiger partial charge on any atom is 0.229 e. The Kier molecular flexibility index (Phi) is 3.08. The lowest BCUT2D eigenvalue weighted by Crippen LogP contribution is -2.11. The van der Waals surface area contributed by atoms with Gasteiger partial charge in [-0.1, -0.05) is 12.1 Å². The monoisotopic (exact) mass is 214 g/mol. The van der Waals surface area contributed by atoms with Crippen LogP contribution >= 0.6 is 0 Å². The predicted molar refractivity (Wildman–Crippen MR) is 54.6 cm³/mol. The third-order valence-electron chi connectivity index (χ3n) is 1.44. The van der Waals surface area contributed by atoms with Crippen LogP contribution in [-0.4, -0.2) is 21.1 Å². The van der Waals surface area contributed by atoms with Crippen molar-refractivity contribution < 1.29 is 13.2 Å². The van der Waals surface area contributed by atoms with E-state index >= 15 is 0 Å². The summed E-state index contributed by atoms with van der Waals surface area (Å²) in [5, 5.41) is 2.39. The van der Waals surface area contributed by atoms with Gasteiger partial charge in [-0.05, 0) is 12.1 Å². The van der Waals surface area contributed by atoms with E-state index in [9.17, 15) is 13.2 Å². The van der Waals surface area contributed by atoms with Crippen LogP contribution in [-0.2, 0) is 14.8 Å². The number of rotatable bonds is 4. The van der Waals surface area contributed by atoms with Gasteiger partial charge in [0.2, 0.25) is 16.4 Å². The highest BCUT2D eigenvalue weighted by Gasteiger charge is 2.05. The zero-order valence-corrected chi connectivity index (χ0v) is 8.34. The minimum atomic E-state index is -3.32. The Labute approximate surface area is 82.2 Å². The molecule has 1 amide bonds. The lowest BCUT2D eigenvalue weighted by molar-refractivity contribution is -0.105. The molecule has 5 nitrogen and oxygen atoms in total. The highest BCUT2D eigenvalue weighted by atomic mass is 32.2. The number of carbonyl (C=O) groups excluding carboxylic acids is 1. The highest BCUT2D eigenvalue weighted by molar-refractivity contribution is 7.92. The maximum atomic E-state index is 10.9. The van der Waals surface area contributed by atoms with Crippen molar-refractivity contribution in [2.24, 2.45) is 0 Å². The Bertz CT molecular complexity index is 428. The molecular formula is C8H10N2O3S. The van der Waals surface area contributed by atoms with Crippen LogP contribution < -0.4 is 10.0 Å². The summed E-state index contributed by atoms with van der Waals surface area (Å²) >= 11 is 0. The van der Waals surface area contributed by atoms with Crippen molar-refractivity contribution in [3.05, 3.63) is 24.3 Å². The number of anilines is 2. The molecule has 0 fully saturated rings. The second kappa shape index (κ2) is 4.10. The van der Waals surface area contributed by atoms with E-state index in [1.807, 2.05) is 0 Å². The fourth-order valence-corrected chi connectivity index (χ4v) is 1.54. The molecule has 0 saturated carbocycles. The molecule has 0 aliphatic heterocycles. The average Bonchev–Trinajstić information content (AvgIpc) is 2.06. The van der Waals surface area contributed by atoms with Crippen LogP contribution in [0.5, 0.6) is 0 Å². The number of hydrogen-bond donors (Lipinski definition) is 2. The molecule has 0 unspecified atom stereocenters. The molecule has 0 aliphatic carbocycles. The molecule has 0 atom stereocenters. The van der Waals surface area contributed by atoms with Crippen LogP contribution in [0.15, 0.2) is 24.3 Å². The molecule has 1 rings (SSSR count). The lowest BCUT2D eigenvalue weighted by Gasteiger charge is -2.08. The minimum absolute atomic E-state index is 0.349. The van der Waals surface area contributed by atoms with E-state index in [4.69, 9.17) is 0 Å². The van der Waals surface area contributed by atoms with Gasteiger partial charge >= 0.3 is 0 Å². The van der Waals surface area contributed by atoms with E-state index in [-0.39, 0.29) is 0 Å². The molecule has 6 heteroatoms. The topological polar surface area (TPSA) is 75.3 Å². The van der Waals surface area contributed by atoms with Crippen molar-refractivity contribution in [1.29, 1.82) is 0 Å². The zero-order chi connectivity index (χ0) is 10.6. The Morgan fingerprint density at radius 2 is 1.79 bits per heavy atom. The number of benzene rings is 1. The van der Waals surface area contributed by atoms with Crippen LogP contribution in [0.25, 0.3) is 0 Å². The number of hydrogen-bond acceptors (Lipinski definition) is 3. The van der Waals surface area contributed by atoms with E-state index in [0.29, 0.717) is 17.8 Å². The minimum Gasteiger partial charge on any atom is -0.327 e. The molecule has 0 saturated heterocycles. The first-order valence-electron chi connectivity index (χ1n) is 3.80. The summed E-state index contributed by atoms with van der Waals surface area (Å²) in [7, 11) is -3.32. The number of sulfonamides is 1. The highest BCUT2D eigenvalue weighted by Crippen LogP contribution is 2.20. The van der Waals surface area contributed by atoms with E-state index in [1.54, 1.807) is 24.3 Å². The summed E-state index contributed by atoms with van der Waals surface area (Å²) in [6.07, 6.45) is 1.54. The van der Waals surface area contributed by atoms with Crippen LogP contribution in [0, 0.1) is 0 Å². The Morgan fingerprint density at radius 3 is 2.29 bits per heavy atom. The van der Waals surface area contributed by atoms with Gasteiger partial charge in [-0.25, -0.2) is 8.42 Å².